The lowest BCUT2D eigenvalue weighted by Gasteiger charge is -2.11. The van der Waals surface area contributed by atoms with Crippen LogP contribution in [0.25, 0.3) is 11.5 Å². The zero-order valence-corrected chi connectivity index (χ0v) is 14.4. The number of anilines is 1. The topological polar surface area (TPSA) is 108 Å². The van der Waals surface area contributed by atoms with Gasteiger partial charge in [-0.1, -0.05) is 6.07 Å². The van der Waals surface area contributed by atoms with Crippen LogP contribution in [0.3, 0.4) is 0 Å². The summed E-state index contributed by atoms with van der Waals surface area (Å²) in [5.74, 6) is 1.88. The molecule has 3 aromatic heterocycles. The first-order valence-corrected chi connectivity index (χ1v) is 8.25. The molecule has 0 radical (unpaired) electrons. The van der Waals surface area contributed by atoms with Crippen molar-refractivity contribution in [2.45, 2.75) is 25.8 Å². The van der Waals surface area contributed by atoms with Gasteiger partial charge in [-0.3, -0.25) is 4.79 Å². The minimum Gasteiger partial charge on any atom is -0.479 e. The van der Waals surface area contributed by atoms with Gasteiger partial charge in [-0.15, -0.1) is 15.3 Å². The zero-order chi connectivity index (χ0) is 18.1. The van der Waals surface area contributed by atoms with E-state index in [1.807, 2.05) is 12.1 Å². The van der Waals surface area contributed by atoms with Crippen LogP contribution in [-0.4, -0.2) is 43.0 Å². The monoisotopic (exact) mass is 351 g/mol. The molecule has 3 aromatic rings. The van der Waals surface area contributed by atoms with Gasteiger partial charge >= 0.3 is 0 Å². The second kappa shape index (κ2) is 6.51. The molecule has 1 aliphatic rings. The molecule has 0 unspecified atom stereocenters. The summed E-state index contributed by atoms with van der Waals surface area (Å²) in [7, 11) is 1.44. The molecule has 4 heterocycles. The maximum atomic E-state index is 12.5. The lowest BCUT2D eigenvalue weighted by Crippen LogP contribution is -2.15. The predicted molar refractivity (Wildman–Crippen MR) is 92.8 cm³/mol. The number of carbonyl (C=O) groups is 1. The van der Waals surface area contributed by atoms with Crippen LogP contribution in [0.1, 0.15) is 35.6 Å². The summed E-state index contributed by atoms with van der Waals surface area (Å²) >= 11 is 0. The van der Waals surface area contributed by atoms with Crippen LogP contribution in [0.5, 0.6) is 5.88 Å². The van der Waals surface area contributed by atoms with Crippen LogP contribution < -0.4 is 10.1 Å². The Balaban J connectivity index is 1.62. The summed E-state index contributed by atoms with van der Waals surface area (Å²) in [4.78, 5) is 17.0. The van der Waals surface area contributed by atoms with Crippen molar-refractivity contribution in [3.05, 3.63) is 41.9 Å². The third-order valence-corrected chi connectivity index (χ3v) is 4.34. The fraction of sp³-hybridized carbons (Fsp3) is 0.294. The van der Waals surface area contributed by atoms with Crippen molar-refractivity contribution < 1.29 is 9.53 Å². The molecular weight excluding hydrogens is 334 g/mol. The van der Waals surface area contributed by atoms with Crippen molar-refractivity contribution in [1.29, 1.82) is 0 Å². The minimum atomic E-state index is -0.374. The van der Waals surface area contributed by atoms with Crippen molar-refractivity contribution in [3.8, 4) is 17.4 Å². The molecule has 0 bridgehead atoms. The molecule has 4 rings (SSSR count). The van der Waals surface area contributed by atoms with E-state index in [1.165, 1.54) is 19.4 Å². The number of aryl methyl sites for hydroxylation is 1. The molecule has 9 heteroatoms. The number of fused-ring (bicyclic) bond motifs is 1. The second-order valence-corrected chi connectivity index (χ2v) is 6.01. The molecular formula is C17H17N7O2. The van der Waals surface area contributed by atoms with Gasteiger partial charge in [0.1, 0.15) is 22.9 Å². The first kappa shape index (κ1) is 16.1. The highest BCUT2D eigenvalue weighted by Crippen LogP contribution is 2.30. The SMILES string of the molecule is COc1nnccc1C(=O)Nc1cccc(-c2nnc3n2[C@@H](C)CC3)n1. The molecule has 9 nitrogen and oxygen atoms in total. The van der Waals surface area contributed by atoms with E-state index in [4.69, 9.17) is 4.74 Å². The fourth-order valence-corrected chi connectivity index (χ4v) is 3.05. The summed E-state index contributed by atoms with van der Waals surface area (Å²) in [5, 5.41) is 18.8. The standard InChI is InChI=1S/C17H17N7O2/c1-10-6-7-14-21-22-15(24(10)14)12-4-3-5-13(19-12)20-16(25)11-8-9-18-23-17(11)26-2/h3-5,8-10H,6-7H2,1-2H3,(H,19,20,25)/t10-/m0/s1. The number of hydrogen-bond acceptors (Lipinski definition) is 7. The summed E-state index contributed by atoms with van der Waals surface area (Å²) in [6, 6.07) is 7.27. The maximum absolute atomic E-state index is 12.5. The Morgan fingerprint density at radius 1 is 1.27 bits per heavy atom. The number of aromatic nitrogens is 6. The largest absolute Gasteiger partial charge is 0.479 e. The van der Waals surface area contributed by atoms with Gasteiger partial charge in [0.2, 0.25) is 5.88 Å². The molecule has 1 atom stereocenters. The van der Waals surface area contributed by atoms with Crippen molar-refractivity contribution >= 4 is 11.7 Å². The van der Waals surface area contributed by atoms with Crippen molar-refractivity contribution in [3.63, 3.8) is 0 Å². The Bertz CT molecular complexity index is 969. The van der Waals surface area contributed by atoms with Crippen LogP contribution in [0, 0.1) is 0 Å². The summed E-state index contributed by atoms with van der Waals surface area (Å²) in [6.45, 7) is 2.14. The van der Waals surface area contributed by atoms with Crippen molar-refractivity contribution in [2.24, 2.45) is 0 Å². The first-order chi connectivity index (χ1) is 12.7. The van der Waals surface area contributed by atoms with Crippen LogP contribution in [0.2, 0.25) is 0 Å². The number of hydrogen-bond donors (Lipinski definition) is 1. The van der Waals surface area contributed by atoms with Gasteiger partial charge in [-0.05, 0) is 31.5 Å². The molecule has 0 saturated heterocycles. The van der Waals surface area contributed by atoms with Crippen molar-refractivity contribution in [2.75, 3.05) is 12.4 Å². The van der Waals surface area contributed by atoms with E-state index < -0.39 is 0 Å². The summed E-state index contributed by atoms with van der Waals surface area (Å²) in [6.07, 6.45) is 3.39. The van der Waals surface area contributed by atoms with Gasteiger partial charge in [0.15, 0.2) is 5.82 Å². The minimum absolute atomic E-state index is 0.158. The summed E-state index contributed by atoms with van der Waals surface area (Å²) < 4.78 is 7.17. The molecule has 132 valence electrons. The van der Waals surface area contributed by atoms with Crippen LogP contribution in [0.4, 0.5) is 5.82 Å². The normalized spacial score (nSPS) is 15.5. The molecule has 1 N–H and O–H groups in total. The van der Waals surface area contributed by atoms with Gasteiger partial charge in [-0.2, -0.15) is 5.10 Å². The van der Waals surface area contributed by atoms with E-state index in [2.05, 4.69) is 42.2 Å². The molecule has 0 aromatic carbocycles. The molecule has 0 spiro atoms. The molecule has 1 aliphatic heterocycles. The number of rotatable bonds is 4. The maximum Gasteiger partial charge on any atom is 0.262 e. The third kappa shape index (κ3) is 2.77. The molecule has 0 saturated carbocycles. The van der Waals surface area contributed by atoms with Gasteiger partial charge in [0, 0.05) is 12.5 Å². The van der Waals surface area contributed by atoms with Gasteiger partial charge in [0.25, 0.3) is 5.91 Å². The van der Waals surface area contributed by atoms with E-state index in [0.717, 1.165) is 18.7 Å². The highest BCUT2D eigenvalue weighted by atomic mass is 16.5. The number of carbonyl (C=O) groups excluding carboxylic acids is 1. The average molecular weight is 351 g/mol. The van der Waals surface area contributed by atoms with E-state index in [1.54, 1.807) is 6.07 Å². The van der Waals surface area contributed by atoms with E-state index in [0.29, 0.717) is 23.4 Å². The Morgan fingerprint density at radius 2 is 2.15 bits per heavy atom. The average Bonchev–Trinajstić information content (AvgIpc) is 3.25. The van der Waals surface area contributed by atoms with Gasteiger partial charge < -0.3 is 14.6 Å². The first-order valence-electron chi connectivity index (χ1n) is 8.25. The number of methoxy groups -OCH3 is 1. The number of ether oxygens (including phenoxy) is 1. The van der Waals surface area contributed by atoms with E-state index >= 15 is 0 Å². The Hall–Kier alpha value is -3.36. The van der Waals surface area contributed by atoms with Crippen molar-refractivity contribution in [1.82, 2.24) is 29.9 Å². The highest BCUT2D eigenvalue weighted by molar-refractivity contribution is 6.05. The Labute approximate surface area is 149 Å². The van der Waals surface area contributed by atoms with Gasteiger partial charge in [-0.25, -0.2) is 4.98 Å². The lowest BCUT2D eigenvalue weighted by atomic mass is 10.2. The van der Waals surface area contributed by atoms with Crippen LogP contribution in [0.15, 0.2) is 30.5 Å². The smallest absolute Gasteiger partial charge is 0.262 e. The number of nitrogens with zero attached hydrogens (tertiary/aromatic N) is 6. The van der Waals surface area contributed by atoms with E-state index in [9.17, 15) is 4.79 Å². The molecule has 1 amide bonds. The third-order valence-electron chi connectivity index (χ3n) is 4.34. The lowest BCUT2D eigenvalue weighted by molar-refractivity contribution is 0.102. The van der Waals surface area contributed by atoms with Crippen LogP contribution in [-0.2, 0) is 6.42 Å². The Morgan fingerprint density at radius 3 is 3.00 bits per heavy atom. The predicted octanol–water partition coefficient (Wildman–Crippen LogP) is 1.90. The molecule has 26 heavy (non-hydrogen) atoms. The number of amides is 1. The second-order valence-electron chi connectivity index (χ2n) is 6.01. The molecule has 0 fully saturated rings. The van der Waals surface area contributed by atoms with Crippen LogP contribution >= 0.6 is 0 Å². The quantitative estimate of drug-likeness (QED) is 0.765. The Kier molecular flexibility index (Phi) is 4.04. The number of nitrogens with one attached hydrogen (secondary N) is 1. The fourth-order valence-electron chi connectivity index (χ4n) is 3.05. The molecule has 0 aliphatic carbocycles. The summed E-state index contributed by atoms with van der Waals surface area (Å²) in [5.41, 5.74) is 0.946. The highest BCUT2D eigenvalue weighted by Gasteiger charge is 2.25. The van der Waals surface area contributed by atoms with Gasteiger partial charge in [0.05, 0.1) is 13.3 Å². The number of pyridine rings is 1. The van der Waals surface area contributed by atoms with E-state index in [-0.39, 0.29) is 17.4 Å². The zero-order valence-electron chi connectivity index (χ0n) is 14.4.